The first-order chi connectivity index (χ1) is 9.20. The van der Waals surface area contributed by atoms with E-state index in [-0.39, 0.29) is 0 Å². The number of nitrogens with zero attached hydrogens (tertiary/aromatic N) is 4. The monoisotopic (exact) mass is 272 g/mol. The van der Waals surface area contributed by atoms with Crippen molar-refractivity contribution in [2.75, 3.05) is 0 Å². The van der Waals surface area contributed by atoms with Gasteiger partial charge in [0.15, 0.2) is 0 Å². The van der Waals surface area contributed by atoms with E-state index in [1.54, 1.807) is 6.33 Å². The highest BCUT2D eigenvalue weighted by Gasteiger charge is 2.12. The molecule has 0 radical (unpaired) electrons. The van der Waals surface area contributed by atoms with E-state index in [4.69, 9.17) is 11.6 Å². The first-order valence-corrected chi connectivity index (χ1v) is 6.54. The zero-order valence-electron chi connectivity index (χ0n) is 10.8. The van der Waals surface area contributed by atoms with Crippen molar-refractivity contribution in [3.63, 3.8) is 0 Å². The molecular weight excluding hydrogens is 260 g/mol. The molecular formula is C14H13ClN4. The fourth-order valence-corrected chi connectivity index (χ4v) is 2.22. The summed E-state index contributed by atoms with van der Waals surface area (Å²) in [7, 11) is 0. The van der Waals surface area contributed by atoms with E-state index in [1.807, 2.05) is 42.7 Å². The maximum Gasteiger partial charge on any atom is 0.146 e. The summed E-state index contributed by atoms with van der Waals surface area (Å²) in [5.74, 6) is 1.54. The van der Waals surface area contributed by atoms with Crippen LogP contribution in [-0.2, 0) is 6.42 Å². The van der Waals surface area contributed by atoms with Crippen LogP contribution in [0.2, 0.25) is 5.15 Å². The number of hydrogen-bond donors (Lipinski definition) is 0. The van der Waals surface area contributed by atoms with Gasteiger partial charge in [-0.25, -0.2) is 15.0 Å². The average molecular weight is 273 g/mol. The highest BCUT2D eigenvalue weighted by Crippen LogP contribution is 2.23. The average Bonchev–Trinajstić information content (AvgIpc) is 2.85. The van der Waals surface area contributed by atoms with Gasteiger partial charge in [-0.15, -0.1) is 0 Å². The Morgan fingerprint density at radius 1 is 1.21 bits per heavy atom. The van der Waals surface area contributed by atoms with Gasteiger partial charge in [0.1, 0.15) is 23.1 Å². The third-order valence-electron chi connectivity index (χ3n) is 3.11. The largest absolute Gasteiger partial charge is 0.283 e. The van der Waals surface area contributed by atoms with E-state index in [1.165, 1.54) is 0 Å². The Hall–Kier alpha value is -1.94. The first-order valence-electron chi connectivity index (χ1n) is 6.16. The van der Waals surface area contributed by atoms with Crippen LogP contribution in [0.1, 0.15) is 18.3 Å². The molecule has 0 unspecified atom stereocenters. The maximum absolute atomic E-state index is 6.18. The molecule has 0 bridgehead atoms. The molecule has 0 aliphatic carbocycles. The first kappa shape index (κ1) is 12.1. The molecule has 0 saturated carbocycles. The van der Waals surface area contributed by atoms with Gasteiger partial charge in [0.25, 0.3) is 0 Å². The molecule has 0 N–H and O–H groups in total. The minimum Gasteiger partial charge on any atom is -0.283 e. The fourth-order valence-electron chi connectivity index (χ4n) is 2.04. The summed E-state index contributed by atoms with van der Waals surface area (Å²) < 4.78 is 1.96. The van der Waals surface area contributed by atoms with Crippen LogP contribution in [0.4, 0.5) is 0 Å². The lowest BCUT2D eigenvalue weighted by atomic mass is 10.3. The molecule has 2 heterocycles. The number of benzene rings is 1. The Balaban J connectivity index is 2.29. The van der Waals surface area contributed by atoms with Gasteiger partial charge in [-0.1, -0.05) is 30.7 Å². The summed E-state index contributed by atoms with van der Waals surface area (Å²) in [5.41, 5.74) is 2.82. The molecule has 0 saturated heterocycles. The second kappa shape index (κ2) is 4.63. The summed E-state index contributed by atoms with van der Waals surface area (Å²) >= 11 is 6.18. The van der Waals surface area contributed by atoms with Crippen LogP contribution in [0.15, 0.2) is 30.6 Å². The molecule has 4 nitrogen and oxygen atoms in total. The quantitative estimate of drug-likeness (QED) is 0.672. The van der Waals surface area contributed by atoms with Crippen molar-refractivity contribution in [1.29, 1.82) is 0 Å². The molecule has 0 spiro atoms. The van der Waals surface area contributed by atoms with Crippen LogP contribution in [0, 0.1) is 6.92 Å². The number of imidazole rings is 1. The Labute approximate surface area is 116 Å². The predicted octanol–water partition coefficient (Wildman–Crippen LogP) is 3.34. The Morgan fingerprint density at radius 2 is 2.00 bits per heavy atom. The number of fused-ring (bicyclic) bond motifs is 1. The third-order valence-corrected chi connectivity index (χ3v) is 3.47. The molecule has 0 aliphatic heterocycles. The van der Waals surface area contributed by atoms with Gasteiger partial charge in [-0.2, -0.15) is 0 Å². The standard InChI is InChI=1S/C14H13ClN4/c1-3-12-17-13(15)9(2)14(18-12)19-8-16-10-6-4-5-7-11(10)19/h4-8H,3H2,1-2H3. The van der Waals surface area contributed by atoms with Crippen LogP contribution < -0.4 is 0 Å². The van der Waals surface area contributed by atoms with Crippen LogP contribution in [-0.4, -0.2) is 19.5 Å². The zero-order chi connectivity index (χ0) is 13.4. The van der Waals surface area contributed by atoms with E-state index >= 15 is 0 Å². The van der Waals surface area contributed by atoms with Crippen molar-refractivity contribution in [1.82, 2.24) is 19.5 Å². The third kappa shape index (κ3) is 1.98. The molecule has 1 aromatic carbocycles. The summed E-state index contributed by atoms with van der Waals surface area (Å²) in [6, 6.07) is 7.95. The highest BCUT2D eigenvalue weighted by atomic mass is 35.5. The minimum absolute atomic E-state index is 0.500. The number of rotatable bonds is 2. The number of para-hydroxylation sites is 2. The number of aromatic nitrogens is 4. The van der Waals surface area contributed by atoms with Gasteiger partial charge in [0.05, 0.1) is 11.0 Å². The van der Waals surface area contributed by atoms with Crippen molar-refractivity contribution >= 4 is 22.6 Å². The Bertz CT molecular complexity index is 748. The van der Waals surface area contributed by atoms with Crippen molar-refractivity contribution in [2.24, 2.45) is 0 Å². The SMILES string of the molecule is CCc1nc(Cl)c(C)c(-n2cnc3ccccc32)n1. The number of aryl methyl sites for hydroxylation is 1. The number of hydrogen-bond acceptors (Lipinski definition) is 3. The van der Waals surface area contributed by atoms with Crippen molar-refractivity contribution < 1.29 is 0 Å². The van der Waals surface area contributed by atoms with Gasteiger partial charge in [0.2, 0.25) is 0 Å². The summed E-state index contributed by atoms with van der Waals surface area (Å²) in [6.45, 7) is 3.93. The molecule has 0 atom stereocenters. The van der Waals surface area contributed by atoms with E-state index in [0.717, 1.165) is 34.7 Å². The van der Waals surface area contributed by atoms with E-state index in [9.17, 15) is 0 Å². The van der Waals surface area contributed by atoms with Gasteiger partial charge >= 0.3 is 0 Å². The van der Waals surface area contributed by atoms with E-state index < -0.39 is 0 Å². The summed E-state index contributed by atoms with van der Waals surface area (Å²) in [5, 5.41) is 0.500. The van der Waals surface area contributed by atoms with E-state index in [2.05, 4.69) is 15.0 Å². The normalized spacial score (nSPS) is 11.1. The molecule has 3 rings (SSSR count). The lowest BCUT2D eigenvalue weighted by Gasteiger charge is -2.09. The Kier molecular flexibility index (Phi) is 2.95. The summed E-state index contributed by atoms with van der Waals surface area (Å²) in [6.07, 6.45) is 2.52. The van der Waals surface area contributed by atoms with Crippen molar-refractivity contribution in [2.45, 2.75) is 20.3 Å². The van der Waals surface area contributed by atoms with Gasteiger partial charge in [-0.05, 0) is 19.1 Å². The maximum atomic E-state index is 6.18. The second-order valence-corrected chi connectivity index (χ2v) is 4.69. The molecule has 0 amide bonds. The molecule has 5 heteroatoms. The van der Waals surface area contributed by atoms with E-state index in [0.29, 0.717) is 5.15 Å². The molecule has 0 aliphatic rings. The molecule has 96 valence electrons. The van der Waals surface area contributed by atoms with Crippen LogP contribution >= 0.6 is 11.6 Å². The summed E-state index contributed by atoms with van der Waals surface area (Å²) in [4.78, 5) is 13.2. The molecule has 3 aromatic rings. The van der Waals surface area contributed by atoms with Crippen molar-refractivity contribution in [3.8, 4) is 5.82 Å². The smallest absolute Gasteiger partial charge is 0.146 e. The fraction of sp³-hybridized carbons (Fsp3) is 0.214. The van der Waals surface area contributed by atoms with Crippen LogP contribution in [0.25, 0.3) is 16.9 Å². The van der Waals surface area contributed by atoms with Gasteiger partial charge in [-0.3, -0.25) is 4.57 Å². The van der Waals surface area contributed by atoms with Crippen molar-refractivity contribution in [3.05, 3.63) is 47.1 Å². The second-order valence-electron chi connectivity index (χ2n) is 4.34. The Morgan fingerprint density at radius 3 is 2.79 bits per heavy atom. The lowest BCUT2D eigenvalue weighted by molar-refractivity contribution is 0.883. The lowest BCUT2D eigenvalue weighted by Crippen LogP contribution is -2.05. The molecule has 0 fully saturated rings. The topological polar surface area (TPSA) is 43.6 Å². The molecule has 19 heavy (non-hydrogen) atoms. The van der Waals surface area contributed by atoms with Crippen LogP contribution in [0.3, 0.4) is 0 Å². The van der Waals surface area contributed by atoms with Crippen LogP contribution in [0.5, 0.6) is 0 Å². The van der Waals surface area contributed by atoms with Gasteiger partial charge in [0, 0.05) is 12.0 Å². The predicted molar refractivity (Wildman–Crippen MR) is 75.8 cm³/mol. The minimum atomic E-state index is 0.500. The number of halogens is 1. The molecule has 2 aromatic heterocycles. The van der Waals surface area contributed by atoms with Gasteiger partial charge < -0.3 is 0 Å². The zero-order valence-corrected chi connectivity index (χ0v) is 11.5. The highest BCUT2D eigenvalue weighted by molar-refractivity contribution is 6.30.